The number of benzene rings is 1. The van der Waals surface area contributed by atoms with Crippen LogP contribution in [-0.4, -0.2) is 47.4 Å². The highest BCUT2D eigenvalue weighted by Gasteiger charge is 2.13. The van der Waals surface area contributed by atoms with E-state index in [4.69, 9.17) is 0 Å². The van der Waals surface area contributed by atoms with Crippen molar-refractivity contribution in [1.29, 1.82) is 0 Å². The van der Waals surface area contributed by atoms with E-state index in [0.29, 0.717) is 24.5 Å². The second-order valence-corrected chi connectivity index (χ2v) is 7.15. The molecule has 2 rings (SSSR count). The second-order valence-electron chi connectivity index (χ2n) is 7.15. The van der Waals surface area contributed by atoms with Crippen molar-refractivity contribution in [2.75, 3.05) is 26.0 Å². The number of aryl methyl sites for hydroxylation is 2. The van der Waals surface area contributed by atoms with Crippen LogP contribution in [0.3, 0.4) is 0 Å². The van der Waals surface area contributed by atoms with E-state index in [2.05, 4.69) is 20.0 Å². The summed E-state index contributed by atoms with van der Waals surface area (Å²) in [7, 11) is 3.18. The van der Waals surface area contributed by atoms with Gasteiger partial charge >= 0.3 is 5.97 Å². The van der Waals surface area contributed by atoms with Gasteiger partial charge in [0, 0.05) is 38.1 Å². The van der Waals surface area contributed by atoms with Crippen molar-refractivity contribution in [3.05, 3.63) is 47.3 Å². The molecule has 0 aliphatic rings. The zero-order chi connectivity index (χ0) is 21.2. The number of carbonyl (C=O) groups excluding carboxylic acids is 2. The molecule has 29 heavy (non-hydrogen) atoms. The van der Waals surface area contributed by atoms with E-state index >= 15 is 0 Å². The van der Waals surface area contributed by atoms with Crippen molar-refractivity contribution in [2.24, 2.45) is 0 Å². The topological polar surface area (TPSA) is 84.4 Å². The number of amides is 1. The number of nitrogens with zero attached hydrogens (tertiary/aromatic N) is 3. The number of carbonyl (C=O) groups is 2. The number of para-hydroxylation sites is 1. The van der Waals surface area contributed by atoms with Gasteiger partial charge in [-0.25, -0.2) is 9.97 Å². The first-order chi connectivity index (χ1) is 13.9. The third kappa shape index (κ3) is 6.85. The van der Waals surface area contributed by atoms with Crippen LogP contribution in [0.15, 0.2) is 30.6 Å². The highest BCUT2D eigenvalue weighted by atomic mass is 16.5. The van der Waals surface area contributed by atoms with Crippen molar-refractivity contribution in [3.8, 4) is 0 Å². The molecule has 0 bridgehead atoms. The first-order valence-corrected chi connectivity index (χ1v) is 9.90. The molecule has 0 unspecified atom stereocenters. The average molecular weight is 399 g/mol. The summed E-state index contributed by atoms with van der Waals surface area (Å²) in [6, 6.07) is 6.06. The lowest BCUT2D eigenvalue weighted by molar-refractivity contribution is -0.140. The van der Waals surface area contributed by atoms with Crippen molar-refractivity contribution < 1.29 is 14.3 Å². The van der Waals surface area contributed by atoms with Crippen LogP contribution in [0.2, 0.25) is 0 Å². The first kappa shape index (κ1) is 22.3. The number of aromatic nitrogens is 2. The Balaban J connectivity index is 1.81. The van der Waals surface area contributed by atoms with Crippen LogP contribution in [0.25, 0.3) is 0 Å². The number of nitrogens with one attached hydrogen (secondary N) is 1. The van der Waals surface area contributed by atoms with E-state index in [9.17, 15) is 9.59 Å². The Hall–Kier alpha value is -2.96. The zero-order valence-electron chi connectivity index (χ0n) is 17.7. The van der Waals surface area contributed by atoms with E-state index in [-0.39, 0.29) is 11.9 Å². The van der Waals surface area contributed by atoms with E-state index in [1.807, 2.05) is 32.0 Å². The number of esters is 1. The first-order valence-electron chi connectivity index (χ1n) is 9.90. The molecule has 0 atom stereocenters. The van der Waals surface area contributed by atoms with E-state index < -0.39 is 0 Å². The number of unbranched alkanes of at least 4 members (excludes halogenated alkanes) is 3. The monoisotopic (exact) mass is 398 g/mol. The summed E-state index contributed by atoms with van der Waals surface area (Å²) in [5.41, 5.74) is 3.67. The van der Waals surface area contributed by atoms with Crippen LogP contribution in [-0.2, 0) is 9.53 Å². The predicted octanol–water partition coefficient (Wildman–Crippen LogP) is 4.03. The molecule has 0 saturated carbocycles. The number of ether oxygens (including phenoxy) is 1. The largest absolute Gasteiger partial charge is 0.469 e. The van der Waals surface area contributed by atoms with E-state index in [0.717, 1.165) is 42.5 Å². The highest BCUT2D eigenvalue weighted by Crippen LogP contribution is 2.22. The smallest absolute Gasteiger partial charge is 0.305 e. The van der Waals surface area contributed by atoms with Crippen LogP contribution in [0.4, 0.5) is 11.6 Å². The van der Waals surface area contributed by atoms with Gasteiger partial charge in [-0.15, -0.1) is 0 Å². The molecule has 0 radical (unpaired) electrons. The molecule has 7 heteroatoms. The minimum atomic E-state index is -0.173. The molecule has 1 aromatic carbocycles. The number of hydrogen-bond donors (Lipinski definition) is 1. The molecule has 0 aliphatic carbocycles. The lowest BCUT2D eigenvalue weighted by Gasteiger charge is -2.17. The summed E-state index contributed by atoms with van der Waals surface area (Å²) >= 11 is 0. The van der Waals surface area contributed by atoms with Crippen LogP contribution >= 0.6 is 0 Å². The molecule has 7 nitrogen and oxygen atoms in total. The van der Waals surface area contributed by atoms with Gasteiger partial charge in [0.15, 0.2) is 0 Å². The third-order valence-electron chi connectivity index (χ3n) is 4.82. The molecule has 0 spiro atoms. The van der Waals surface area contributed by atoms with Crippen molar-refractivity contribution in [3.63, 3.8) is 0 Å². The van der Waals surface area contributed by atoms with Gasteiger partial charge in [-0.1, -0.05) is 31.0 Å². The molecular weight excluding hydrogens is 368 g/mol. The molecule has 0 aliphatic heterocycles. The lowest BCUT2D eigenvalue weighted by atomic mass is 10.1. The van der Waals surface area contributed by atoms with Gasteiger partial charge in [0.05, 0.1) is 12.7 Å². The molecule has 156 valence electrons. The number of rotatable bonds is 10. The van der Waals surface area contributed by atoms with Crippen LogP contribution in [0, 0.1) is 13.8 Å². The minimum absolute atomic E-state index is 0.0989. The normalized spacial score (nSPS) is 10.5. The fourth-order valence-electron chi connectivity index (χ4n) is 3.02. The molecule has 1 aromatic heterocycles. The van der Waals surface area contributed by atoms with Crippen LogP contribution in [0.1, 0.15) is 53.6 Å². The fourth-order valence-corrected chi connectivity index (χ4v) is 3.02. The third-order valence-corrected chi connectivity index (χ3v) is 4.82. The van der Waals surface area contributed by atoms with Gasteiger partial charge in [-0.3, -0.25) is 9.59 Å². The van der Waals surface area contributed by atoms with Gasteiger partial charge in [0.25, 0.3) is 5.91 Å². The predicted molar refractivity (Wildman–Crippen MR) is 113 cm³/mol. The number of methoxy groups -OCH3 is 1. The summed E-state index contributed by atoms with van der Waals surface area (Å²) in [4.78, 5) is 33.9. The van der Waals surface area contributed by atoms with Crippen molar-refractivity contribution in [1.82, 2.24) is 14.9 Å². The van der Waals surface area contributed by atoms with Gasteiger partial charge in [-0.2, -0.15) is 0 Å². The maximum Gasteiger partial charge on any atom is 0.305 e. The Morgan fingerprint density at radius 1 is 1.03 bits per heavy atom. The quantitative estimate of drug-likeness (QED) is 0.480. The van der Waals surface area contributed by atoms with Gasteiger partial charge < -0.3 is 15.0 Å². The summed E-state index contributed by atoms with van der Waals surface area (Å²) < 4.78 is 4.62. The Kier molecular flexibility index (Phi) is 8.58. The van der Waals surface area contributed by atoms with E-state index in [1.165, 1.54) is 7.11 Å². The molecular formula is C22H30N4O3. The van der Waals surface area contributed by atoms with Gasteiger partial charge in [0.2, 0.25) is 5.95 Å². The van der Waals surface area contributed by atoms with E-state index in [1.54, 1.807) is 24.3 Å². The van der Waals surface area contributed by atoms with Crippen molar-refractivity contribution >= 4 is 23.5 Å². The Bertz CT molecular complexity index is 801. The summed E-state index contributed by atoms with van der Waals surface area (Å²) in [6.45, 7) is 4.70. The average Bonchev–Trinajstić information content (AvgIpc) is 2.72. The zero-order valence-corrected chi connectivity index (χ0v) is 17.7. The number of anilines is 2. The molecule has 1 N–H and O–H groups in total. The summed E-state index contributed by atoms with van der Waals surface area (Å²) in [5.74, 6) is 0.193. The van der Waals surface area contributed by atoms with Gasteiger partial charge in [-0.05, 0) is 37.8 Å². The molecule has 1 heterocycles. The summed E-state index contributed by atoms with van der Waals surface area (Å²) in [5, 5.41) is 3.22. The molecule has 0 fully saturated rings. The lowest BCUT2D eigenvalue weighted by Crippen LogP contribution is -2.28. The Morgan fingerprint density at radius 2 is 1.66 bits per heavy atom. The Morgan fingerprint density at radius 3 is 2.28 bits per heavy atom. The Labute approximate surface area is 172 Å². The van der Waals surface area contributed by atoms with Crippen molar-refractivity contribution in [2.45, 2.75) is 46.0 Å². The molecule has 2 aromatic rings. The maximum atomic E-state index is 12.5. The standard InChI is InChI=1S/C22H30N4O3/c1-16-10-9-11-17(2)20(16)25-22-23-14-18(15-24-22)21(28)26(3)13-8-6-5-7-12-19(27)29-4/h9-11,14-15H,5-8,12-13H2,1-4H3,(H,23,24,25). The highest BCUT2D eigenvalue weighted by molar-refractivity contribution is 5.93. The summed E-state index contributed by atoms with van der Waals surface area (Å²) in [6.07, 6.45) is 7.16. The maximum absolute atomic E-state index is 12.5. The second kappa shape index (κ2) is 11.1. The molecule has 0 saturated heterocycles. The van der Waals surface area contributed by atoms with Crippen LogP contribution < -0.4 is 5.32 Å². The fraction of sp³-hybridized carbons (Fsp3) is 0.455. The minimum Gasteiger partial charge on any atom is -0.469 e. The number of hydrogen-bond acceptors (Lipinski definition) is 6. The van der Waals surface area contributed by atoms with Crippen LogP contribution in [0.5, 0.6) is 0 Å². The molecule has 1 amide bonds. The van der Waals surface area contributed by atoms with Gasteiger partial charge in [0.1, 0.15) is 0 Å². The SMILES string of the molecule is COC(=O)CCCCCCN(C)C(=O)c1cnc(Nc2c(C)cccc2C)nc1.